The van der Waals surface area contributed by atoms with Gasteiger partial charge in [0, 0.05) is 46.2 Å². The summed E-state index contributed by atoms with van der Waals surface area (Å²) in [5, 5.41) is 21.4. The smallest absolute Gasteiger partial charge is 0.325 e. The molecule has 0 fully saturated rings. The van der Waals surface area contributed by atoms with Crippen LogP contribution in [0.3, 0.4) is 0 Å². The molecule has 0 radical (unpaired) electrons. The van der Waals surface area contributed by atoms with E-state index in [4.69, 9.17) is 14.1 Å². The molecule has 0 spiro atoms. The molecule has 44 heavy (non-hydrogen) atoms. The second kappa shape index (κ2) is 13.5. The topological polar surface area (TPSA) is 120 Å². The minimum Gasteiger partial charge on any atom is -0.488 e. The third-order valence-corrected chi connectivity index (χ3v) is 8.03. The van der Waals surface area contributed by atoms with E-state index in [0.717, 1.165) is 26.7 Å². The Morgan fingerprint density at radius 2 is 1.61 bits per heavy atom. The first-order chi connectivity index (χ1) is 21.6. The third kappa shape index (κ3) is 6.46. The number of hydrogen-bond acceptors (Lipinski definition) is 8. The second-order valence-corrected chi connectivity index (χ2v) is 10.8. The fourth-order valence-corrected chi connectivity index (χ4v) is 5.49. The Morgan fingerprint density at radius 1 is 0.864 bits per heavy atom. The van der Waals surface area contributed by atoms with E-state index in [0.29, 0.717) is 33.7 Å². The number of nitrogens with zero attached hydrogens (tertiary/aromatic N) is 3. The first kappa shape index (κ1) is 29.0. The number of aromatic nitrogens is 3. The van der Waals surface area contributed by atoms with Gasteiger partial charge < -0.3 is 14.6 Å². The summed E-state index contributed by atoms with van der Waals surface area (Å²) in [5.41, 5.74) is 5.95. The second-order valence-electron chi connectivity index (χ2n) is 9.96. The average Bonchev–Trinajstić information content (AvgIpc) is 3.56. The molecule has 0 aliphatic carbocycles. The molecule has 10 heteroatoms. The molecule has 0 aliphatic rings. The Labute approximate surface area is 261 Å². The van der Waals surface area contributed by atoms with Crippen LogP contribution in [0.1, 0.15) is 28.3 Å². The molecule has 6 aromatic rings. The van der Waals surface area contributed by atoms with E-state index >= 15 is 0 Å². The largest absolute Gasteiger partial charge is 0.488 e. The number of aliphatic carboxylic acids is 1. The number of halogens is 1. The predicted molar refractivity (Wildman–Crippen MR) is 168 cm³/mol. The molecule has 0 unspecified atom stereocenters. The quantitative estimate of drug-likeness (QED) is 0.143. The highest BCUT2D eigenvalue weighted by atomic mass is 79.9. The molecule has 9 nitrogen and oxygen atoms in total. The van der Waals surface area contributed by atoms with Gasteiger partial charge >= 0.3 is 5.97 Å². The fourth-order valence-electron chi connectivity index (χ4n) is 4.88. The molecule has 0 bridgehead atoms. The molecule has 0 saturated carbocycles. The van der Waals surface area contributed by atoms with Crippen molar-refractivity contribution in [2.75, 3.05) is 0 Å². The Hall–Kier alpha value is -5.06. The summed E-state index contributed by atoms with van der Waals surface area (Å²) in [6.07, 6.45) is 3.41. The number of benzene rings is 4. The lowest BCUT2D eigenvalue weighted by Gasteiger charge is -2.18. The number of nitrogens with one attached hydrogen (secondary N) is 1. The van der Waals surface area contributed by atoms with Gasteiger partial charge in [0.05, 0.1) is 0 Å². The van der Waals surface area contributed by atoms with Crippen molar-refractivity contribution in [3.05, 3.63) is 136 Å². The van der Waals surface area contributed by atoms with Gasteiger partial charge in [-0.2, -0.15) is 0 Å². The number of rotatable bonds is 12. The summed E-state index contributed by atoms with van der Waals surface area (Å²) in [6, 6.07) is 29.6. The van der Waals surface area contributed by atoms with Gasteiger partial charge in [0.15, 0.2) is 11.3 Å². The molecule has 2 heterocycles. The Bertz CT molecular complexity index is 1870. The fraction of sp³-hybridized carbons (Fsp3) is 0.118. The first-order valence-corrected chi connectivity index (χ1v) is 14.6. The van der Waals surface area contributed by atoms with Gasteiger partial charge in [-0.05, 0) is 49.0 Å². The Kier molecular flexibility index (Phi) is 8.90. The molecule has 4 aromatic carbocycles. The Morgan fingerprint density at radius 3 is 2.36 bits per heavy atom. The number of hydrogen-bond donors (Lipinski definition) is 2. The van der Waals surface area contributed by atoms with Gasteiger partial charge in [-0.15, -0.1) is 0 Å². The van der Waals surface area contributed by atoms with Gasteiger partial charge in [-0.3, -0.25) is 15.1 Å². The number of ether oxygens (including phenoxy) is 2. The van der Waals surface area contributed by atoms with Crippen LogP contribution in [0, 0.1) is 0 Å². The van der Waals surface area contributed by atoms with Crippen LogP contribution in [0.25, 0.3) is 22.2 Å². The van der Waals surface area contributed by atoms with E-state index in [-0.39, 0.29) is 19.8 Å². The van der Waals surface area contributed by atoms with Crippen molar-refractivity contribution in [1.29, 1.82) is 0 Å². The molecule has 0 aliphatic heterocycles. The SMILES string of the molecule is O=C(O)[C@@H](NCc1c(OCc2cccnc2)cc(OCc2cccc(-c3ccccc3)c2Br)c2nonc12)c1ccccc1. The molecule has 0 saturated heterocycles. The lowest BCUT2D eigenvalue weighted by Crippen LogP contribution is -2.28. The molecule has 0 amide bonds. The van der Waals surface area contributed by atoms with Gasteiger partial charge in [0.2, 0.25) is 0 Å². The standard InChI is InChI=1S/C34H27BrN4O5/c35-30-25(14-7-15-26(30)23-10-3-1-4-11-23)21-43-29-17-28(42-20-22-9-8-16-36-18-22)27(32-33(29)39-44-38-32)19-37-31(34(40)41)24-12-5-2-6-13-24/h1-18,31,37H,19-21H2,(H,40,41)/t31-/m0/s1. The molecule has 220 valence electrons. The summed E-state index contributed by atoms with van der Waals surface area (Å²) in [6.45, 7) is 0.574. The molecule has 2 N–H and O–H groups in total. The number of carbonyl (C=O) groups is 1. The summed E-state index contributed by atoms with van der Waals surface area (Å²) in [4.78, 5) is 16.3. The zero-order valence-electron chi connectivity index (χ0n) is 23.4. The van der Waals surface area contributed by atoms with Gasteiger partial charge in [0.1, 0.15) is 30.5 Å². The monoisotopic (exact) mass is 650 g/mol. The first-order valence-electron chi connectivity index (χ1n) is 13.8. The van der Waals surface area contributed by atoms with Crippen molar-refractivity contribution in [2.45, 2.75) is 25.8 Å². The third-order valence-electron chi connectivity index (χ3n) is 7.09. The number of fused-ring (bicyclic) bond motifs is 1. The van der Waals surface area contributed by atoms with Crippen LogP contribution in [0.15, 0.2) is 119 Å². The summed E-state index contributed by atoms with van der Waals surface area (Å²) >= 11 is 3.76. The Balaban J connectivity index is 1.32. The van der Waals surface area contributed by atoms with Crippen LogP contribution in [0.4, 0.5) is 0 Å². The highest BCUT2D eigenvalue weighted by Crippen LogP contribution is 2.37. The minimum absolute atomic E-state index is 0.115. The van der Waals surface area contributed by atoms with Crippen LogP contribution < -0.4 is 14.8 Å². The van der Waals surface area contributed by atoms with Crippen LogP contribution >= 0.6 is 15.9 Å². The lowest BCUT2D eigenvalue weighted by molar-refractivity contribution is -0.139. The highest BCUT2D eigenvalue weighted by Gasteiger charge is 2.24. The number of carboxylic acid groups (broad SMARTS) is 1. The normalized spacial score (nSPS) is 11.8. The molecule has 2 aromatic heterocycles. The average molecular weight is 652 g/mol. The van der Waals surface area contributed by atoms with Crippen LogP contribution in [-0.2, 0) is 24.6 Å². The van der Waals surface area contributed by atoms with Crippen molar-refractivity contribution in [1.82, 2.24) is 20.6 Å². The van der Waals surface area contributed by atoms with E-state index in [9.17, 15) is 9.90 Å². The van der Waals surface area contributed by atoms with E-state index in [1.54, 1.807) is 42.7 Å². The van der Waals surface area contributed by atoms with Crippen molar-refractivity contribution < 1.29 is 24.0 Å². The molecule has 6 rings (SSSR count). The maximum absolute atomic E-state index is 12.2. The molecule has 1 atom stereocenters. The van der Waals surface area contributed by atoms with Crippen molar-refractivity contribution in [3.63, 3.8) is 0 Å². The zero-order chi connectivity index (χ0) is 30.3. The maximum atomic E-state index is 12.2. The summed E-state index contributed by atoms with van der Waals surface area (Å²) < 4.78 is 18.7. The van der Waals surface area contributed by atoms with Crippen LogP contribution in [-0.4, -0.2) is 26.4 Å². The van der Waals surface area contributed by atoms with E-state index in [1.165, 1.54) is 0 Å². The van der Waals surface area contributed by atoms with Gasteiger partial charge in [-0.25, -0.2) is 4.63 Å². The summed E-state index contributed by atoms with van der Waals surface area (Å²) in [5.74, 6) is -0.137. The van der Waals surface area contributed by atoms with E-state index in [2.05, 4.69) is 54.7 Å². The zero-order valence-corrected chi connectivity index (χ0v) is 25.0. The van der Waals surface area contributed by atoms with Crippen molar-refractivity contribution in [3.8, 4) is 22.6 Å². The van der Waals surface area contributed by atoms with E-state index < -0.39 is 12.0 Å². The number of carboxylic acids is 1. The maximum Gasteiger partial charge on any atom is 0.325 e. The van der Waals surface area contributed by atoms with Crippen LogP contribution in [0.5, 0.6) is 11.5 Å². The molecular weight excluding hydrogens is 624 g/mol. The highest BCUT2D eigenvalue weighted by molar-refractivity contribution is 9.10. The van der Waals surface area contributed by atoms with Gasteiger partial charge in [-0.1, -0.05) is 84.9 Å². The predicted octanol–water partition coefficient (Wildman–Crippen LogP) is 7.12. The van der Waals surface area contributed by atoms with Crippen molar-refractivity contribution in [2.24, 2.45) is 0 Å². The lowest BCUT2D eigenvalue weighted by atomic mass is 10.0. The number of pyridine rings is 1. The van der Waals surface area contributed by atoms with Crippen LogP contribution in [0.2, 0.25) is 0 Å². The van der Waals surface area contributed by atoms with Gasteiger partial charge in [0.25, 0.3) is 0 Å². The van der Waals surface area contributed by atoms with Crippen molar-refractivity contribution >= 4 is 32.9 Å². The van der Waals surface area contributed by atoms with E-state index in [1.807, 2.05) is 48.5 Å². The summed E-state index contributed by atoms with van der Waals surface area (Å²) in [7, 11) is 0. The minimum atomic E-state index is -1.01. The molecular formula is C34H27BrN4O5.